The number of thioether (sulfide) groups is 1. The molecule has 1 rings (SSSR count). The van der Waals surface area contributed by atoms with Crippen molar-refractivity contribution in [3.8, 4) is 0 Å². The molecule has 0 aliphatic carbocycles. The maximum absolute atomic E-state index is 11.8. The number of carbonyl (C=O) groups excluding carboxylic acids is 1. The molecule has 0 radical (unpaired) electrons. The Balaban J connectivity index is 2.21. The van der Waals surface area contributed by atoms with Crippen LogP contribution in [-0.4, -0.2) is 17.5 Å². The minimum Gasteiger partial charge on any atom is -0.461 e. The number of esters is 1. The number of benzene rings is 1. The van der Waals surface area contributed by atoms with E-state index < -0.39 is 0 Å². The molecule has 0 aromatic heterocycles. The van der Waals surface area contributed by atoms with Crippen LogP contribution in [0.5, 0.6) is 0 Å². The van der Waals surface area contributed by atoms with Gasteiger partial charge in [0.05, 0.1) is 5.92 Å². The summed E-state index contributed by atoms with van der Waals surface area (Å²) in [4.78, 5) is 11.8. The topological polar surface area (TPSA) is 26.3 Å². The van der Waals surface area contributed by atoms with Crippen molar-refractivity contribution in [3.05, 3.63) is 35.9 Å². The van der Waals surface area contributed by atoms with Gasteiger partial charge in [0.1, 0.15) is 6.61 Å². The third-order valence-electron chi connectivity index (χ3n) is 3.09. The largest absolute Gasteiger partial charge is 0.461 e. The molecular weight excluding hydrogens is 256 g/mol. The van der Waals surface area contributed by atoms with E-state index in [4.69, 9.17) is 4.74 Å². The molecule has 1 aromatic rings. The molecule has 0 spiro atoms. The lowest BCUT2D eigenvalue weighted by atomic mass is 10.2. The van der Waals surface area contributed by atoms with E-state index in [1.807, 2.05) is 49.0 Å². The Hall–Kier alpha value is -0.960. The first-order valence-corrected chi connectivity index (χ1v) is 8.07. The smallest absolute Gasteiger partial charge is 0.309 e. The zero-order valence-corrected chi connectivity index (χ0v) is 12.9. The highest BCUT2D eigenvalue weighted by atomic mass is 32.2. The molecular formula is C16H24O2S. The number of rotatable bonds is 8. The summed E-state index contributed by atoms with van der Waals surface area (Å²) >= 11 is 1.84. The normalized spacial score (nSPS) is 13.8. The van der Waals surface area contributed by atoms with E-state index in [9.17, 15) is 4.79 Å². The molecule has 19 heavy (non-hydrogen) atoms. The van der Waals surface area contributed by atoms with Crippen LogP contribution in [0, 0.1) is 11.8 Å². The molecule has 2 atom stereocenters. The summed E-state index contributed by atoms with van der Waals surface area (Å²) in [5.41, 5.74) is 1.04. The molecule has 0 fully saturated rings. The lowest BCUT2D eigenvalue weighted by molar-refractivity contribution is -0.148. The predicted octanol–water partition coefficient (Wildman–Crippen LogP) is 4.15. The van der Waals surface area contributed by atoms with Gasteiger partial charge >= 0.3 is 5.97 Å². The average molecular weight is 280 g/mol. The molecule has 0 heterocycles. The minimum atomic E-state index is -0.0968. The average Bonchev–Trinajstić information content (AvgIpc) is 2.45. The van der Waals surface area contributed by atoms with Gasteiger partial charge in [-0.05, 0) is 17.2 Å². The standard InChI is InChI=1S/C16H24O2S/c1-4-13(2)11-19-12-14(3)16(17)18-10-15-8-6-5-7-9-15/h5-9,13-14H,4,10-12H2,1-3H3. The van der Waals surface area contributed by atoms with E-state index in [0.29, 0.717) is 6.61 Å². The summed E-state index contributed by atoms with van der Waals surface area (Å²) < 4.78 is 5.32. The second-order valence-electron chi connectivity index (χ2n) is 5.05. The van der Waals surface area contributed by atoms with Crippen molar-refractivity contribution in [2.24, 2.45) is 11.8 Å². The molecule has 0 aliphatic rings. The number of hydrogen-bond donors (Lipinski definition) is 0. The monoisotopic (exact) mass is 280 g/mol. The molecule has 0 aliphatic heterocycles. The molecule has 106 valence electrons. The van der Waals surface area contributed by atoms with Crippen LogP contribution in [-0.2, 0) is 16.1 Å². The molecule has 0 saturated carbocycles. The predicted molar refractivity (Wildman–Crippen MR) is 82.2 cm³/mol. The Labute approximate surface area is 120 Å². The number of carbonyl (C=O) groups is 1. The van der Waals surface area contributed by atoms with Gasteiger partial charge in [0, 0.05) is 5.75 Å². The zero-order valence-electron chi connectivity index (χ0n) is 12.1. The van der Waals surface area contributed by atoms with Crippen LogP contribution >= 0.6 is 11.8 Å². The van der Waals surface area contributed by atoms with Gasteiger partial charge in [-0.1, -0.05) is 57.5 Å². The first-order chi connectivity index (χ1) is 9.13. The molecule has 0 N–H and O–H groups in total. The number of ether oxygens (including phenoxy) is 1. The van der Waals surface area contributed by atoms with Gasteiger partial charge < -0.3 is 4.74 Å². The SMILES string of the molecule is CCC(C)CSCC(C)C(=O)OCc1ccccc1. The summed E-state index contributed by atoms with van der Waals surface area (Å²) in [6.07, 6.45) is 1.19. The fourth-order valence-electron chi connectivity index (χ4n) is 1.50. The maximum Gasteiger partial charge on any atom is 0.309 e. The van der Waals surface area contributed by atoms with Crippen LogP contribution in [0.4, 0.5) is 0 Å². The quantitative estimate of drug-likeness (QED) is 0.669. The van der Waals surface area contributed by atoms with Crippen LogP contribution in [0.2, 0.25) is 0 Å². The van der Waals surface area contributed by atoms with E-state index in [1.165, 1.54) is 6.42 Å². The van der Waals surface area contributed by atoms with Crippen LogP contribution in [0.1, 0.15) is 32.8 Å². The Morgan fingerprint density at radius 1 is 1.21 bits per heavy atom. The fraction of sp³-hybridized carbons (Fsp3) is 0.562. The zero-order chi connectivity index (χ0) is 14.1. The highest BCUT2D eigenvalue weighted by Crippen LogP contribution is 2.16. The minimum absolute atomic E-state index is 0.0298. The Bertz CT molecular complexity index is 364. The fourth-order valence-corrected chi connectivity index (χ4v) is 2.77. The van der Waals surface area contributed by atoms with Gasteiger partial charge in [-0.3, -0.25) is 4.79 Å². The summed E-state index contributed by atoms with van der Waals surface area (Å²) in [5, 5.41) is 0. The molecule has 1 aromatic carbocycles. The summed E-state index contributed by atoms with van der Waals surface area (Å²) in [6.45, 7) is 6.76. The summed E-state index contributed by atoms with van der Waals surface area (Å²) in [7, 11) is 0. The van der Waals surface area contributed by atoms with E-state index in [0.717, 1.165) is 23.0 Å². The lowest BCUT2D eigenvalue weighted by Gasteiger charge is -2.13. The molecule has 3 heteroatoms. The van der Waals surface area contributed by atoms with Crippen molar-refractivity contribution in [3.63, 3.8) is 0 Å². The highest BCUT2D eigenvalue weighted by Gasteiger charge is 2.14. The lowest BCUT2D eigenvalue weighted by Crippen LogP contribution is -2.17. The van der Waals surface area contributed by atoms with Crippen molar-refractivity contribution in [1.29, 1.82) is 0 Å². The third-order valence-corrected chi connectivity index (χ3v) is 4.63. The summed E-state index contributed by atoms with van der Waals surface area (Å²) in [5.74, 6) is 2.56. The van der Waals surface area contributed by atoms with Crippen molar-refractivity contribution < 1.29 is 9.53 Å². The molecule has 0 saturated heterocycles. The van der Waals surface area contributed by atoms with E-state index in [2.05, 4.69) is 13.8 Å². The van der Waals surface area contributed by atoms with Crippen molar-refractivity contribution in [1.82, 2.24) is 0 Å². The summed E-state index contributed by atoms with van der Waals surface area (Å²) in [6, 6.07) is 9.80. The van der Waals surface area contributed by atoms with Gasteiger partial charge in [-0.15, -0.1) is 0 Å². The van der Waals surface area contributed by atoms with Crippen LogP contribution in [0.25, 0.3) is 0 Å². The van der Waals surface area contributed by atoms with Gasteiger partial charge in [-0.25, -0.2) is 0 Å². The molecule has 2 nitrogen and oxygen atoms in total. The third kappa shape index (κ3) is 6.67. The van der Waals surface area contributed by atoms with Gasteiger partial charge in [0.2, 0.25) is 0 Å². The number of hydrogen-bond acceptors (Lipinski definition) is 3. The second-order valence-corrected chi connectivity index (χ2v) is 6.12. The van der Waals surface area contributed by atoms with E-state index >= 15 is 0 Å². The second kappa shape index (κ2) is 9.03. The van der Waals surface area contributed by atoms with Crippen LogP contribution in [0.3, 0.4) is 0 Å². The van der Waals surface area contributed by atoms with Gasteiger partial charge in [0.25, 0.3) is 0 Å². The first kappa shape index (κ1) is 16.1. The van der Waals surface area contributed by atoms with Gasteiger partial charge in [0.15, 0.2) is 0 Å². The Morgan fingerprint density at radius 2 is 1.89 bits per heavy atom. The van der Waals surface area contributed by atoms with Crippen molar-refractivity contribution in [2.75, 3.05) is 11.5 Å². The van der Waals surface area contributed by atoms with E-state index in [-0.39, 0.29) is 11.9 Å². The van der Waals surface area contributed by atoms with Gasteiger partial charge in [-0.2, -0.15) is 11.8 Å². The first-order valence-electron chi connectivity index (χ1n) is 6.91. The Morgan fingerprint density at radius 3 is 2.53 bits per heavy atom. The van der Waals surface area contributed by atoms with Crippen LogP contribution in [0.15, 0.2) is 30.3 Å². The molecule has 2 unspecified atom stereocenters. The maximum atomic E-state index is 11.8. The van der Waals surface area contributed by atoms with Crippen molar-refractivity contribution >= 4 is 17.7 Å². The molecule has 0 bridgehead atoms. The van der Waals surface area contributed by atoms with Crippen LogP contribution < -0.4 is 0 Å². The van der Waals surface area contributed by atoms with Crippen molar-refractivity contribution in [2.45, 2.75) is 33.8 Å². The Kier molecular flexibility index (Phi) is 7.65. The van der Waals surface area contributed by atoms with E-state index in [1.54, 1.807) is 0 Å². The molecule has 0 amide bonds. The highest BCUT2D eigenvalue weighted by molar-refractivity contribution is 7.99.